The Labute approximate surface area is 226 Å². The van der Waals surface area contributed by atoms with Gasteiger partial charge in [0.2, 0.25) is 0 Å². The molecule has 39 heavy (non-hydrogen) atoms. The van der Waals surface area contributed by atoms with Gasteiger partial charge in [-0.15, -0.1) is 5.10 Å². The highest BCUT2D eigenvalue weighted by molar-refractivity contribution is 5.80. The van der Waals surface area contributed by atoms with Crippen LogP contribution in [0.1, 0.15) is 51.4 Å². The fraction of sp³-hybridized carbons (Fsp3) is 0.379. The molecule has 0 aliphatic heterocycles. The topological polar surface area (TPSA) is 116 Å². The molecule has 1 N–H and O–H groups in total. The SMILES string of the molecule is CCCCCc1nc2c(c(=O)n(C)c(=O)n2CC(C)C)n1Cc1ccc(-c2ccccc2-c2nnn[nH]2)cc1. The van der Waals surface area contributed by atoms with E-state index in [4.69, 9.17) is 4.98 Å². The van der Waals surface area contributed by atoms with Crippen LogP contribution in [0.15, 0.2) is 58.1 Å². The van der Waals surface area contributed by atoms with Crippen molar-refractivity contribution in [1.82, 2.24) is 39.3 Å². The lowest BCUT2D eigenvalue weighted by atomic mass is 9.98. The zero-order chi connectivity index (χ0) is 27.5. The maximum atomic E-state index is 13.4. The number of fused-ring (bicyclic) bond motifs is 1. The Morgan fingerprint density at radius 1 is 0.949 bits per heavy atom. The van der Waals surface area contributed by atoms with Gasteiger partial charge in [0.1, 0.15) is 5.82 Å². The molecule has 3 heterocycles. The Hall–Kier alpha value is -4.34. The van der Waals surface area contributed by atoms with Crippen LogP contribution in [-0.4, -0.2) is 39.3 Å². The molecule has 0 atom stereocenters. The number of benzene rings is 2. The molecular weight excluding hydrogens is 492 g/mol. The van der Waals surface area contributed by atoms with Gasteiger partial charge in [-0.3, -0.25) is 13.9 Å². The fourth-order valence-electron chi connectivity index (χ4n) is 5.01. The third-order valence-corrected chi connectivity index (χ3v) is 6.99. The molecule has 0 fully saturated rings. The van der Waals surface area contributed by atoms with Crippen LogP contribution in [0.5, 0.6) is 0 Å². The number of rotatable bonds is 10. The van der Waals surface area contributed by atoms with E-state index in [0.29, 0.717) is 30.1 Å². The summed E-state index contributed by atoms with van der Waals surface area (Å²) < 4.78 is 4.86. The molecule has 0 amide bonds. The van der Waals surface area contributed by atoms with E-state index in [0.717, 1.165) is 53.8 Å². The van der Waals surface area contributed by atoms with Gasteiger partial charge in [-0.25, -0.2) is 14.9 Å². The van der Waals surface area contributed by atoms with Gasteiger partial charge in [0.05, 0.1) is 0 Å². The molecule has 0 saturated heterocycles. The van der Waals surface area contributed by atoms with E-state index in [1.165, 1.54) is 4.57 Å². The summed E-state index contributed by atoms with van der Waals surface area (Å²) in [6.07, 6.45) is 3.89. The van der Waals surface area contributed by atoms with Gasteiger partial charge in [-0.05, 0) is 39.5 Å². The quantitative estimate of drug-likeness (QED) is 0.273. The number of hydrogen-bond donors (Lipinski definition) is 1. The number of aromatic nitrogens is 8. The van der Waals surface area contributed by atoms with E-state index in [1.54, 1.807) is 11.6 Å². The van der Waals surface area contributed by atoms with Gasteiger partial charge in [-0.2, -0.15) is 0 Å². The van der Waals surface area contributed by atoms with Crippen molar-refractivity contribution in [2.24, 2.45) is 13.0 Å². The van der Waals surface area contributed by atoms with Gasteiger partial charge in [0, 0.05) is 32.1 Å². The lowest BCUT2D eigenvalue weighted by molar-refractivity contribution is 0.500. The summed E-state index contributed by atoms with van der Waals surface area (Å²) in [4.78, 5) is 31.3. The van der Waals surface area contributed by atoms with Crippen LogP contribution >= 0.6 is 0 Å². The van der Waals surface area contributed by atoms with E-state index in [2.05, 4.69) is 65.7 Å². The van der Waals surface area contributed by atoms with E-state index < -0.39 is 0 Å². The summed E-state index contributed by atoms with van der Waals surface area (Å²) in [5, 5.41) is 14.3. The molecule has 0 bridgehead atoms. The molecule has 0 aliphatic carbocycles. The third-order valence-electron chi connectivity index (χ3n) is 6.99. The van der Waals surface area contributed by atoms with Crippen LogP contribution in [-0.2, 0) is 26.6 Å². The summed E-state index contributed by atoms with van der Waals surface area (Å²) in [6.45, 7) is 7.27. The number of aromatic amines is 1. The molecule has 10 nitrogen and oxygen atoms in total. The minimum atomic E-state index is -0.323. The Kier molecular flexibility index (Phi) is 7.53. The monoisotopic (exact) mass is 526 g/mol. The summed E-state index contributed by atoms with van der Waals surface area (Å²) in [6, 6.07) is 16.3. The summed E-state index contributed by atoms with van der Waals surface area (Å²) in [5.41, 5.74) is 4.34. The second kappa shape index (κ2) is 11.2. The number of aryl methyl sites for hydroxylation is 1. The molecule has 0 spiro atoms. The predicted molar refractivity (Wildman–Crippen MR) is 151 cm³/mol. The van der Waals surface area contributed by atoms with E-state index in [9.17, 15) is 9.59 Å². The molecule has 202 valence electrons. The molecule has 0 saturated carbocycles. The number of nitrogens with one attached hydrogen (secondary N) is 1. The highest BCUT2D eigenvalue weighted by Crippen LogP contribution is 2.30. The standard InChI is InChI=1S/C29H34N8O2/c1-5-6-7-12-24-30-27-25(28(38)35(4)29(39)37(27)17-19(2)3)36(24)18-20-13-15-21(16-14-20)22-10-8-9-11-23(22)26-31-33-34-32-26/h8-11,13-16,19H,5-7,12,17-18H2,1-4H3,(H,31,32,33,34). The number of nitrogens with zero attached hydrogens (tertiary/aromatic N) is 7. The number of hydrogen-bond acceptors (Lipinski definition) is 6. The van der Waals surface area contributed by atoms with Crippen molar-refractivity contribution in [3.8, 4) is 22.5 Å². The van der Waals surface area contributed by atoms with Crippen molar-refractivity contribution in [1.29, 1.82) is 0 Å². The van der Waals surface area contributed by atoms with Crippen molar-refractivity contribution >= 4 is 11.2 Å². The van der Waals surface area contributed by atoms with Crippen LogP contribution in [0, 0.1) is 5.92 Å². The second-order valence-electron chi connectivity index (χ2n) is 10.4. The molecule has 0 radical (unpaired) electrons. The lowest BCUT2D eigenvalue weighted by Gasteiger charge is -2.13. The lowest BCUT2D eigenvalue weighted by Crippen LogP contribution is -2.39. The summed E-state index contributed by atoms with van der Waals surface area (Å²) in [5.74, 6) is 1.69. The van der Waals surface area contributed by atoms with Crippen molar-refractivity contribution in [3.63, 3.8) is 0 Å². The highest BCUT2D eigenvalue weighted by Gasteiger charge is 2.21. The van der Waals surface area contributed by atoms with E-state index in [1.807, 2.05) is 28.8 Å². The normalized spacial score (nSPS) is 11.6. The van der Waals surface area contributed by atoms with Crippen LogP contribution in [0.25, 0.3) is 33.7 Å². The largest absolute Gasteiger partial charge is 0.332 e. The van der Waals surface area contributed by atoms with Crippen LogP contribution in [0.2, 0.25) is 0 Å². The Bertz CT molecular complexity index is 1690. The Morgan fingerprint density at radius 2 is 1.69 bits per heavy atom. The molecule has 0 unspecified atom stereocenters. The first-order valence-corrected chi connectivity index (χ1v) is 13.5. The molecular formula is C29H34N8O2. The molecule has 5 rings (SSSR count). The maximum Gasteiger partial charge on any atom is 0.332 e. The second-order valence-corrected chi connectivity index (χ2v) is 10.4. The molecule has 0 aliphatic rings. The minimum absolute atomic E-state index is 0.236. The predicted octanol–water partition coefficient (Wildman–Crippen LogP) is 4.18. The number of unbranched alkanes of at least 4 members (excludes halogenated alkanes) is 2. The van der Waals surface area contributed by atoms with Crippen molar-refractivity contribution in [2.45, 2.75) is 59.5 Å². The van der Waals surface area contributed by atoms with E-state index in [-0.39, 0.29) is 17.2 Å². The first-order chi connectivity index (χ1) is 18.9. The first kappa shape index (κ1) is 26.3. The Balaban J connectivity index is 1.57. The molecule has 2 aromatic carbocycles. The maximum absolute atomic E-state index is 13.4. The van der Waals surface area contributed by atoms with Gasteiger partial charge in [0.25, 0.3) is 5.56 Å². The van der Waals surface area contributed by atoms with Gasteiger partial charge in [-0.1, -0.05) is 82.1 Å². The van der Waals surface area contributed by atoms with Gasteiger partial charge >= 0.3 is 5.69 Å². The summed E-state index contributed by atoms with van der Waals surface area (Å²) in [7, 11) is 1.55. The number of imidazole rings is 1. The zero-order valence-electron chi connectivity index (χ0n) is 22.9. The fourth-order valence-corrected chi connectivity index (χ4v) is 5.01. The number of tetrazole rings is 1. The molecule has 3 aromatic heterocycles. The minimum Gasteiger partial charge on any atom is -0.318 e. The average Bonchev–Trinajstić information content (AvgIpc) is 3.59. The molecule has 5 aromatic rings. The van der Waals surface area contributed by atoms with Gasteiger partial charge < -0.3 is 4.57 Å². The molecule has 10 heteroatoms. The van der Waals surface area contributed by atoms with Gasteiger partial charge in [0.15, 0.2) is 17.0 Å². The van der Waals surface area contributed by atoms with Crippen LogP contribution in [0.4, 0.5) is 0 Å². The van der Waals surface area contributed by atoms with Crippen molar-refractivity contribution in [2.75, 3.05) is 0 Å². The highest BCUT2D eigenvalue weighted by atomic mass is 16.2. The third kappa shape index (κ3) is 5.19. The zero-order valence-corrected chi connectivity index (χ0v) is 22.9. The van der Waals surface area contributed by atoms with Crippen molar-refractivity contribution in [3.05, 3.63) is 80.8 Å². The summed E-state index contributed by atoms with van der Waals surface area (Å²) >= 11 is 0. The average molecular weight is 527 g/mol. The first-order valence-electron chi connectivity index (χ1n) is 13.5. The van der Waals surface area contributed by atoms with Crippen molar-refractivity contribution < 1.29 is 0 Å². The van der Waals surface area contributed by atoms with Crippen LogP contribution in [0.3, 0.4) is 0 Å². The Morgan fingerprint density at radius 3 is 2.36 bits per heavy atom. The van der Waals surface area contributed by atoms with E-state index >= 15 is 0 Å². The smallest absolute Gasteiger partial charge is 0.318 e. The number of H-pyrrole nitrogens is 1. The van der Waals surface area contributed by atoms with Crippen LogP contribution < -0.4 is 11.2 Å².